The third-order valence-electron chi connectivity index (χ3n) is 9.36. The Labute approximate surface area is 245 Å². The number of carbonyl (C=O) groups excluding carboxylic acids is 3. The molecule has 1 amide bonds. The Morgan fingerprint density at radius 2 is 1.33 bits per heavy atom. The van der Waals surface area contributed by atoms with Gasteiger partial charge in [-0.3, -0.25) is 14.4 Å². The molecule has 1 spiro atoms. The van der Waals surface area contributed by atoms with Crippen LogP contribution in [0.2, 0.25) is 0 Å². The van der Waals surface area contributed by atoms with Crippen molar-refractivity contribution in [1.29, 1.82) is 0 Å². The number of para-hydroxylation sites is 1. The van der Waals surface area contributed by atoms with Gasteiger partial charge >= 0.3 is 0 Å². The maximum Gasteiger partial charge on any atom is 0.238 e. The first-order valence-corrected chi connectivity index (χ1v) is 14.4. The molecule has 4 aromatic rings. The molecular formula is C37H32N2O3. The van der Waals surface area contributed by atoms with Crippen molar-refractivity contribution in [2.45, 2.75) is 45.2 Å². The number of nitrogens with zero attached hydrogens (tertiary/aromatic N) is 1. The fourth-order valence-corrected chi connectivity index (χ4v) is 7.33. The van der Waals surface area contributed by atoms with Crippen LogP contribution in [0.5, 0.6) is 0 Å². The Bertz CT molecular complexity index is 1820. The SMILES string of the molecule is CC1=C[C@@H]2N(c3ccc(C)cc31)[C@H](C(=O)c1ccc(C)cc1)[C@@H](C(=O)c1ccc(C)cc1)[C@]21C(=O)Nc2ccccc21. The smallest absolute Gasteiger partial charge is 0.238 e. The molecule has 3 aliphatic rings. The van der Waals surface area contributed by atoms with Crippen molar-refractivity contribution in [2.75, 3.05) is 10.2 Å². The number of benzene rings is 4. The maximum atomic E-state index is 14.9. The van der Waals surface area contributed by atoms with Crippen LogP contribution >= 0.6 is 0 Å². The van der Waals surface area contributed by atoms with Crippen molar-refractivity contribution in [3.05, 3.63) is 136 Å². The Hall–Kier alpha value is -4.77. The third kappa shape index (κ3) is 3.59. The summed E-state index contributed by atoms with van der Waals surface area (Å²) < 4.78 is 0. The summed E-state index contributed by atoms with van der Waals surface area (Å²) in [4.78, 5) is 46.2. The van der Waals surface area contributed by atoms with Gasteiger partial charge in [-0.05, 0) is 57.0 Å². The van der Waals surface area contributed by atoms with Gasteiger partial charge in [0.2, 0.25) is 5.91 Å². The molecule has 3 heterocycles. The predicted molar refractivity (Wildman–Crippen MR) is 166 cm³/mol. The minimum Gasteiger partial charge on any atom is -0.352 e. The van der Waals surface area contributed by atoms with Gasteiger partial charge in [-0.15, -0.1) is 0 Å². The number of anilines is 2. The van der Waals surface area contributed by atoms with E-state index in [0.717, 1.165) is 39.1 Å². The number of Topliss-reactive ketones (excluding diaryl/α,β-unsaturated/α-hetero) is 2. The van der Waals surface area contributed by atoms with Gasteiger partial charge in [0.05, 0.1) is 12.0 Å². The first kappa shape index (κ1) is 26.1. The molecule has 0 unspecified atom stereocenters. The molecule has 5 nitrogen and oxygen atoms in total. The number of amides is 1. The molecule has 5 heteroatoms. The first-order chi connectivity index (χ1) is 20.2. The highest BCUT2D eigenvalue weighted by Gasteiger charge is 2.70. The molecule has 208 valence electrons. The lowest BCUT2D eigenvalue weighted by atomic mass is 9.64. The van der Waals surface area contributed by atoms with Crippen molar-refractivity contribution >= 4 is 34.4 Å². The minimum atomic E-state index is -1.31. The molecule has 42 heavy (non-hydrogen) atoms. The van der Waals surface area contributed by atoms with E-state index in [1.165, 1.54) is 0 Å². The second kappa shape index (κ2) is 9.38. The number of nitrogens with one attached hydrogen (secondary N) is 1. The molecule has 0 aromatic heterocycles. The van der Waals surface area contributed by atoms with Gasteiger partial charge in [-0.1, -0.05) is 95.6 Å². The zero-order chi connectivity index (χ0) is 29.3. The number of hydrogen-bond donors (Lipinski definition) is 1. The molecule has 0 saturated carbocycles. The van der Waals surface area contributed by atoms with Crippen molar-refractivity contribution in [3.63, 3.8) is 0 Å². The van der Waals surface area contributed by atoms with Crippen LogP contribution in [-0.4, -0.2) is 29.6 Å². The summed E-state index contributed by atoms with van der Waals surface area (Å²) in [5, 5.41) is 3.10. The van der Waals surface area contributed by atoms with E-state index in [9.17, 15) is 14.4 Å². The van der Waals surface area contributed by atoms with E-state index in [2.05, 4.69) is 22.4 Å². The third-order valence-corrected chi connectivity index (χ3v) is 9.36. The number of allylic oxidation sites excluding steroid dienone is 1. The molecule has 1 N–H and O–H groups in total. The second-order valence-corrected chi connectivity index (χ2v) is 12.0. The summed E-state index contributed by atoms with van der Waals surface area (Å²) in [6.07, 6.45) is 2.10. The van der Waals surface area contributed by atoms with Crippen LogP contribution in [0.3, 0.4) is 0 Å². The minimum absolute atomic E-state index is 0.168. The zero-order valence-corrected chi connectivity index (χ0v) is 24.1. The molecule has 0 radical (unpaired) electrons. The average molecular weight is 553 g/mol. The van der Waals surface area contributed by atoms with Crippen LogP contribution in [0.25, 0.3) is 5.57 Å². The van der Waals surface area contributed by atoms with Crippen LogP contribution in [0.4, 0.5) is 11.4 Å². The average Bonchev–Trinajstić information content (AvgIpc) is 3.45. The number of hydrogen-bond acceptors (Lipinski definition) is 4. The molecule has 0 bridgehead atoms. The molecular weight excluding hydrogens is 520 g/mol. The number of fused-ring (bicyclic) bond motifs is 6. The van der Waals surface area contributed by atoms with Crippen molar-refractivity contribution in [2.24, 2.45) is 5.92 Å². The standard InChI is InChI=1S/C37H32N2O3/c1-21-9-14-25(15-10-21)34(40)32-33(35(41)26-16-11-22(2)12-17-26)39-30-18-13-23(3)19-27(30)24(4)20-31(39)37(32)28-7-5-6-8-29(28)38-36(37)42/h5-20,31-33H,1-4H3,(H,38,42)/t31-,32-,33-,37+/m0/s1. The molecule has 4 atom stereocenters. The lowest BCUT2D eigenvalue weighted by Gasteiger charge is -2.39. The Kier molecular flexibility index (Phi) is 5.84. The first-order valence-electron chi connectivity index (χ1n) is 14.4. The molecule has 0 aliphatic carbocycles. The lowest BCUT2D eigenvalue weighted by molar-refractivity contribution is -0.121. The van der Waals surface area contributed by atoms with E-state index in [4.69, 9.17) is 0 Å². The van der Waals surface area contributed by atoms with Crippen molar-refractivity contribution in [1.82, 2.24) is 0 Å². The zero-order valence-electron chi connectivity index (χ0n) is 24.1. The van der Waals surface area contributed by atoms with Crippen molar-refractivity contribution in [3.8, 4) is 0 Å². The topological polar surface area (TPSA) is 66.5 Å². The van der Waals surface area contributed by atoms with E-state index in [-0.39, 0.29) is 17.5 Å². The van der Waals surface area contributed by atoms with Gasteiger partial charge in [-0.25, -0.2) is 0 Å². The van der Waals surface area contributed by atoms with Crippen LogP contribution < -0.4 is 10.2 Å². The van der Waals surface area contributed by atoms with Crippen LogP contribution in [0.15, 0.2) is 97.1 Å². The summed E-state index contributed by atoms with van der Waals surface area (Å²) in [6, 6.07) is 27.3. The van der Waals surface area contributed by atoms with Gasteiger partial charge in [0.15, 0.2) is 11.6 Å². The summed E-state index contributed by atoms with van der Waals surface area (Å²) in [5.74, 6) is -1.60. The Morgan fingerprint density at radius 3 is 2.00 bits per heavy atom. The number of ketones is 2. The van der Waals surface area contributed by atoms with E-state index >= 15 is 0 Å². The van der Waals surface area contributed by atoms with E-state index < -0.39 is 23.4 Å². The number of aryl methyl sites for hydroxylation is 3. The second-order valence-electron chi connectivity index (χ2n) is 12.0. The normalized spacial score (nSPS) is 23.6. The lowest BCUT2D eigenvalue weighted by Crippen LogP contribution is -2.51. The van der Waals surface area contributed by atoms with Crippen LogP contribution in [0.1, 0.15) is 55.5 Å². The van der Waals surface area contributed by atoms with E-state index in [0.29, 0.717) is 16.8 Å². The monoisotopic (exact) mass is 552 g/mol. The van der Waals surface area contributed by atoms with E-state index in [1.807, 2.05) is 113 Å². The van der Waals surface area contributed by atoms with Gasteiger partial charge in [0.25, 0.3) is 0 Å². The summed E-state index contributed by atoms with van der Waals surface area (Å²) in [5.41, 5.74) is 7.23. The van der Waals surface area contributed by atoms with Gasteiger partial charge in [0, 0.05) is 28.1 Å². The summed E-state index contributed by atoms with van der Waals surface area (Å²) in [6.45, 7) is 8.05. The van der Waals surface area contributed by atoms with Gasteiger partial charge < -0.3 is 10.2 Å². The number of carbonyl (C=O) groups is 3. The molecule has 1 saturated heterocycles. The highest BCUT2D eigenvalue weighted by atomic mass is 16.2. The molecule has 7 rings (SSSR count). The Balaban J connectivity index is 1.55. The quantitative estimate of drug-likeness (QED) is 0.281. The largest absolute Gasteiger partial charge is 0.352 e. The highest BCUT2D eigenvalue weighted by molar-refractivity contribution is 6.18. The fourth-order valence-electron chi connectivity index (χ4n) is 7.33. The highest BCUT2D eigenvalue weighted by Crippen LogP contribution is 2.58. The van der Waals surface area contributed by atoms with Crippen LogP contribution in [0, 0.1) is 26.7 Å². The fraction of sp³-hybridized carbons (Fsp3) is 0.216. The van der Waals surface area contributed by atoms with Crippen molar-refractivity contribution < 1.29 is 14.4 Å². The summed E-state index contributed by atoms with van der Waals surface area (Å²) in [7, 11) is 0. The number of rotatable bonds is 4. The van der Waals surface area contributed by atoms with Crippen LogP contribution in [-0.2, 0) is 10.2 Å². The molecule has 1 fully saturated rings. The maximum absolute atomic E-state index is 14.9. The van der Waals surface area contributed by atoms with Gasteiger partial charge in [-0.2, -0.15) is 0 Å². The summed E-state index contributed by atoms with van der Waals surface area (Å²) >= 11 is 0. The molecule has 3 aliphatic heterocycles. The van der Waals surface area contributed by atoms with Gasteiger partial charge in [0.1, 0.15) is 11.5 Å². The Morgan fingerprint density at radius 1 is 0.738 bits per heavy atom. The molecule has 4 aromatic carbocycles. The predicted octanol–water partition coefficient (Wildman–Crippen LogP) is 6.86. The van der Waals surface area contributed by atoms with E-state index in [1.54, 1.807) is 0 Å².